The summed E-state index contributed by atoms with van der Waals surface area (Å²) in [5.74, 6) is -1.64. The second-order valence-corrected chi connectivity index (χ2v) is 4.24. The number of carboxylic acid groups (broad SMARTS) is 1. The van der Waals surface area contributed by atoms with Crippen LogP contribution in [0, 0.1) is 5.92 Å². The number of carbonyl (C=O) groups is 3. The number of likely N-dealkylation sites (tertiary alicyclic amines) is 1. The van der Waals surface area contributed by atoms with E-state index in [9.17, 15) is 14.4 Å². The van der Waals surface area contributed by atoms with Crippen molar-refractivity contribution >= 4 is 17.9 Å². The zero-order valence-electron chi connectivity index (χ0n) is 10.4. The Hall–Kier alpha value is -1.79. The molecule has 18 heavy (non-hydrogen) atoms. The van der Waals surface area contributed by atoms with Crippen LogP contribution in [0.15, 0.2) is 0 Å². The van der Waals surface area contributed by atoms with Crippen molar-refractivity contribution in [2.24, 2.45) is 5.92 Å². The molecule has 0 aromatic heterocycles. The Morgan fingerprint density at radius 3 is 2.67 bits per heavy atom. The molecule has 1 aliphatic heterocycles. The lowest BCUT2D eigenvalue weighted by atomic mass is 9.99. The molecule has 0 radical (unpaired) electrons. The van der Waals surface area contributed by atoms with E-state index in [2.05, 4.69) is 10.6 Å². The molecule has 0 bridgehead atoms. The van der Waals surface area contributed by atoms with E-state index in [1.54, 1.807) is 6.92 Å². The van der Waals surface area contributed by atoms with Gasteiger partial charge in [-0.25, -0.2) is 4.79 Å². The van der Waals surface area contributed by atoms with Gasteiger partial charge in [0.25, 0.3) is 0 Å². The number of hydrogen-bond donors (Lipinski definition) is 3. The SMILES string of the molecule is CCNC(=O)CNC(=O)N1CCC[C@H](C(=O)O)C1. The minimum Gasteiger partial charge on any atom is -0.481 e. The minimum absolute atomic E-state index is 0.0824. The van der Waals surface area contributed by atoms with Gasteiger partial charge in [0.1, 0.15) is 0 Å². The zero-order valence-corrected chi connectivity index (χ0v) is 10.4. The lowest BCUT2D eigenvalue weighted by Gasteiger charge is -2.30. The molecule has 3 amide bonds. The van der Waals surface area contributed by atoms with Gasteiger partial charge in [0.05, 0.1) is 12.5 Å². The van der Waals surface area contributed by atoms with Crippen LogP contribution in [0.25, 0.3) is 0 Å². The van der Waals surface area contributed by atoms with Crippen molar-refractivity contribution in [2.45, 2.75) is 19.8 Å². The molecular formula is C11H19N3O4. The highest BCUT2D eigenvalue weighted by Crippen LogP contribution is 2.16. The number of nitrogens with zero attached hydrogens (tertiary/aromatic N) is 1. The second-order valence-electron chi connectivity index (χ2n) is 4.24. The molecule has 0 spiro atoms. The molecule has 0 aliphatic carbocycles. The third-order valence-corrected chi connectivity index (χ3v) is 2.83. The molecule has 3 N–H and O–H groups in total. The molecule has 0 unspecified atom stereocenters. The van der Waals surface area contributed by atoms with Crippen molar-refractivity contribution in [3.8, 4) is 0 Å². The largest absolute Gasteiger partial charge is 0.481 e. The van der Waals surface area contributed by atoms with Crippen LogP contribution in [0.2, 0.25) is 0 Å². The molecule has 1 fully saturated rings. The molecule has 7 nitrogen and oxygen atoms in total. The summed E-state index contributed by atoms with van der Waals surface area (Å²) in [4.78, 5) is 35.2. The molecule has 1 heterocycles. The zero-order chi connectivity index (χ0) is 13.5. The standard InChI is InChI=1S/C11H19N3O4/c1-2-12-9(15)6-13-11(18)14-5-3-4-8(7-14)10(16)17/h8H,2-7H2,1H3,(H,12,15)(H,13,18)(H,16,17)/t8-/m0/s1. The number of hydrogen-bond acceptors (Lipinski definition) is 3. The van der Waals surface area contributed by atoms with E-state index in [1.165, 1.54) is 4.90 Å². The summed E-state index contributed by atoms with van der Waals surface area (Å²) in [5, 5.41) is 13.9. The second kappa shape index (κ2) is 6.83. The summed E-state index contributed by atoms with van der Waals surface area (Å²) in [6.45, 7) is 2.96. The van der Waals surface area contributed by atoms with Gasteiger partial charge in [0.15, 0.2) is 0 Å². The number of nitrogens with one attached hydrogen (secondary N) is 2. The lowest BCUT2D eigenvalue weighted by molar-refractivity contribution is -0.143. The monoisotopic (exact) mass is 257 g/mol. The number of urea groups is 1. The highest BCUT2D eigenvalue weighted by molar-refractivity contribution is 5.84. The van der Waals surface area contributed by atoms with Crippen molar-refractivity contribution in [3.05, 3.63) is 0 Å². The number of aliphatic carboxylic acids is 1. The fourth-order valence-corrected chi connectivity index (χ4v) is 1.89. The van der Waals surface area contributed by atoms with Crippen LogP contribution in [-0.4, -0.2) is 54.1 Å². The van der Waals surface area contributed by atoms with Crippen LogP contribution in [0.3, 0.4) is 0 Å². The van der Waals surface area contributed by atoms with Gasteiger partial charge in [0, 0.05) is 19.6 Å². The van der Waals surface area contributed by atoms with Crippen LogP contribution in [0.5, 0.6) is 0 Å². The smallest absolute Gasteiger partial charge is 0.317 e. The average Bonchev–Trinajstić information content (AvgIpc) is 2.36. The first-order valence-corrected chi connectivity index (χ1v) is 6.06. The van der Waals surface area contributed by atoms with Gasteiger partial charge in [-0.1, -0.05) is 0 Å². The van der Waals surface area contributed by atoms with Crippen molar-refractivity contribution in [2.75, 3.05) is 26.2 Å². The Morgan fingerprint density at radius 2 is 2.06 bits per heavy atom. The number of amides is 3. The summed E-state index contributed by atoms with van der Waals surface area (Å²) in [5.41, 5.74) is 0. The topological polar surface area (TPSA) is 98.7 Å². The highest BCUT2D eigenvalue weighted by atomic mass is 16.4. The van der Waals surface area contributed by atoms with Gasteiger partial charge in [0.2, 0.25) is 5.91 Å². The predicted octanol–water partition coefficient (Wildman–Crippen LogP) is -0.371. The highest BCUT2D eigenvalue weighted by Gasteiger charge is 2.28. The minimum atomic E-state index is -0.878. The van der Waals surface area contributed by atoms with Crippen molar-refractivity contribution < 1.29 is 19.5 Å². The van der Waals surface area contributed by atoms with Gasteiger partial charge in [-0.2, -0.15) is 0 Å². The third kappa shape index (κ3) is 4.23. The van der Waals surface area contributed by atoms with Gasteiger partial charge < -0.3 is 20.6 Å². The quantitative estimate of drug-likeness (QED) is 0.640. The normalized spacial score (nSPS) is 19.2. The fourth-order valence-electron chi connectivity index (χ4n) is 1.89. The fraction of sp³-hybridized carbons (Fsp3) is 0.727. The molecule has 0 saturated carbocycles. The summed E-state index contributed by atoms with van der Waals surface area (Å²) >= 11 is 0. The van der Waals surface area contributed by atoms with E-state index in [1.807, 2.05) is 0 Å². The Labute approximate surface area is 106 Å². The van der Waals surface area contributed by atoms with Gasteiger partial charge in [-0.3, -0.25) is 9.59 Å². The van der Waals surface area contributed by atoms with E-state index in [0.717, 1.165) is 0 Å². The van der Waals surface area contributed by atoms with E-state index < -0.39 is 11.9 Å². The Kier molecular flexibility index (Phi) is 5.41. The number of rotatable bonds is 4. The Morgan fingerprint density at radius 1 is 1.33 bits per heavy atom. The molecule has 1 rings (SSSR count). The maximum Gasteiger partial charge on any atom is 0.317 e. The first-order chi connectivity index (χ1) is 8.54. The molecule has 7 heteroatoms. The van der Waals surface area contributed by atoms with E-state index in [0.29, 0.717) is 25.9 Å². The molecule has 102 valence electrons. The van der Waals surface area contributed by atoms with Crippen molar-refractivity contribution in [1.82, 2.24) is 15.5 Å². The van der Waals surface area contributed by atoms with Crippen LogP contribution in [0.1, 0.15) is 19.8 Å². The maximum atomic E-state index is 11.7. The Bertz CT molecular complexity index is 332. The first kappa shape index (κ1) is 14.3. The van der Waals surface area contributed by atoms with Gasteiger partial charge in [-0.15, -0.1) is 0 Å². The number of carboxylic acids is 1. The summed E-state index contributed by atoms with van der Waals surface area (Å²) < 4.78 is 0. The Balaban J connectivity index is 2.37. The van der Waals surface area contributed by atoms with Crippen LogP contribution in [-0.2, 0) is 9.59 Å². The molecule has 0 aromatic carbocycles. The lowest BCUT2D eigenvalue weighted by Crippen LogP contribution is -2.49. The number of carbonyl (C=O) groups excluding carboxylic acids is 2. The van der Waals surface area contributed by atoms with E-state index >= 15 is 0 Å². The van der Waals surface area contributed by atoms with Crippen LogP contribution < -0.4 is 10.6 Å². The molecule has 1 aliphatic rings. The molecule has 1 saturated heterocycles. The van der Waals surface area contributed by atoms with Gasteiger partial charge >= 0.3 is 12.0 Å². The van der Waals surface area contributed by atoms with E-state index in [4.69, 9.17) is 5.11 Å². The van der Waals surface area contributed by atoms with E-state index in [-0.39, 0.29) is 25.0 Å². The number of likely N-dealkylation sites (N-methyl/N-ethyl adjacent to an activating group) is 1. The molecular weight excluding hydrogens is 238 g/mol. The first-order valence-electron chi connectivity index (χ1n) is 6.06. The van der Waals surface area contributed by atoms with Crippen molar-refractivity contribution in [1.29, 1.82) is 0 Å². The van der Waals surface area contributed by atoms with Gasteiger partial charge in [-0.05, 0) is 19.8 Å². The van der Waals surface area contributed by atoms with Crippen LogP contribution >= 0.6 is 0 Å². The van der Waals surface area contributed by atoms with Crippen molar-refractivity contribution in [3.63, 3.8) is 0 Å². The molecule has 1 atom stereocenters. The predicted molar refractivity (Wildman–Crippen MR) is 64.0 cm³/mol. The summed E-state index contributed by atoms with van der Waals surface area (Å²) in [7, 11) is 0. The summed E-state index contributed by atoms with van der Waals surface area (Å²) in [6.07, 6.45) is 1.26. The molecule has 0 aromatic rings. The number of piperidine rings is 1. The third-order valence-electron chi connectivity index (χ3n) is 2.83. The van der Waals surface area contributed by atoms with Crippen LogP contribution in [0.4, 0.5) is 4.79 Å². The maximum absolute atomic E-state index is 11.7. The average molecular weight is 257 g/mol. The summed E-state index contributed by atoms with van der Waals surface area (Å²) in [6, 6.07) is -0.382.